The third kappa shape index (κ3) is 7.24. The van der Waals surface area contributed by atoms with Gasteiger partial charge in [0.25, 0.3) is 5.91 Å². The zero-order valence-corrected chi connectivity index (χ0v) is 22.7. The molecule has 4 rings (SSSR count). The molecule has 0 radical (unpaired) electrons. The van der Waals surface area contributed by atoms with Crippen LogP contribution < -0.4 is 26.0 Å². The summed E-state index contributed by atoms with van der Waals surface area (Å²) in [6.07, 6.45) is 2.80. The van der Waals surface area contributed by atoms with Crippen molar-refractivity contribution >= 4 is 35.1 Å². The van der Waals surface area contributed by atoms with E-state index in [1.165, 1.54) is 13.2 Å². The summed E-state index contributed by atoms with van der Waals surface area (Å²) < 4.78 is 34.8. The number of nitrogens with zero attached hydrogens (tertiary/aromatic N) is 4. The summed E-state index contributed by atoms with van der Waals surface area (Å²) in [5.74, 6) is -0.817. The Morgan fingerprint density at radius 3 is 2.65 bits per heavy atom. The molecule has 0 atom stereocenters. The second kappa shape index (κ2) is 12.0. The summed E-state index contributed by atoms with van der Waals surface area (Å²) in [4.78, 5) is 37.0. The molecular formula is C27H34N8O5. The van der Waals surface area contributed by atoms with E-state index >= 15 is 0 Å². The maximum atomic E-state index is 12.8. The van der Waals surface area contributed by atoms with Crippen LogP contribution in [0.15, 0.2) is 36.5 Å². The number of nitrogens with one attached hydrogen (secondary N) is 4. The number of alkyl carbamates (subject to hydrolysis) is 1. The molecule has 2 heterocycles. The van der Waals surface area contributed by atoms with Crippen molar-refractivity contribution < 1.29 is 28.0 Å². The molecular weight excluding hydrogens is 516 g/mol. The zero-order chi connectivity index (χ0) is 31.4. The largest absolute Gasteiger partial charge is 0.494 e. The summed E-state index contributed by atoms with van der Waals surface area (Å²) in [5, 5.41) is 22.7. The quantitative estimate of drug-likeness (QED) is 0.295. The van der Waals surface area contributed by atoms with Gasteiger partial charge >= 0.3 is 6.09 Å². The van der Waals surface area contributed by atoms with Crippen molar-refractivity contribution in [3.05, 3.63) is 42.2 Å². The molecule has 0 spiro atoms. The van der Waals surface area contributed by atoms with Gasteiger partial charge in [-0.05, 0) is 51.8 Å². The molecule has 0 bridgehead atoms. The van der Waals surface area contributed by atoms with Crippen molar-refractivity contribution in [2.45, 2.75) is 45.8 Å². The summed E-state index contributed by atoms with van der Waals surface area (Å²) in [7, 11) is 1.47. The number of amides is 3. The number of hydrogen-bond donors (Lipinski definition) is 4. The number of ether oxygens (including phenoxy) is 2. The Labute approximate surface area is 236 Å². The average Bonchev–Trinajstić information content (AvgIpc) is 3.65. The highest BCUT2D eigenvalue weighted by molar-refractivity contribution is 6.00. The van der Waals surface area contributed by atoms with Crippen molar-refractivity contribution in [1.82, 2.24) is 30.6 Å². The first kappa shape index (κ1) is 24.4. The second-order valence-electron chi connectivity index (χ2n) is 10.1. The van der Waals surface area contributed by atoms with E-state index < -0.39 is 24.6 Å². The number of benzene rings is 1. The predicted molar refractivity (Wildman–Crippen MR) is 149 cm³/mol. The van der Waals surface area contributed by atoms with Crippen LogP contribution in [0.1, 0.15) is 48.2 Å². The van der Waals surface area contributed by atoms with Crippen molar-refractivity contribution in [3.8, 4) is 17.0 Å². The van der Waals surface area contributed by atoms with Gasteiger partial charge in [0.1, 0.15) is 5.60 Å². The van der Waals surface area contributed by atoms with Gasteiger partial charge in [-0.25, -0.2) is 4.79 Å². The maximum Gasteiger partial charge on any atom is 0.407 e. The summed E-state index contributed by atoms with van der Waals surface area (Å²) in [6.45, 7) is 3.28. The van der Waals surface area contributed by atoms with E-state index in [9.17, 15) is 14.4 Å². The molecule has 40 heavy (non-hydrogen) atoms. The van der Waals surface area contributed by atoms with Gasteiger partial charge in [0, 0.05) is 41.4 Å². The van der Waals surface area contributed by atoms with Crippen LogP contribution >= 0.6 is 0 Å². The Hall–Kier alpha value is -4.68. The zero-order valence-electron chi connectivity index (χ0n) is 25.7. The van der Waals surface area contributed by atoms with E-state index in [-0.39, 0.29) is 29.0 Å². The summed E-state index contributed by atoms with van der Waals surface area (Å²) in [5.41, 5.74) is 0.799. The highest BCUT2D eigenvalue weighted by Crippen LogP contribution is 2.38. The third-order valence-corrected chi connectivity index (χ3v) is 5.74. The van der Waals surface area contributed by atoms with Gasteiger partial charge in [-0.1, -0.05) is 6.07 Å². The Morgan fingerprint density at radius 1 is 1.15 bits per heavy atom. The minimum atomic E-state index is -2.76. The minimum Gasteiger partial charge on any atom is -0.494 e. The standard InChI is InChI=1S/C27H34N8O5/c1-27(2,3)40-26(38)29-12-14-35-13-11-18(34-35)17-7-6-8-19(23(17)39-5)30-20-15-21(31-24(36)16-9-10-16)32-33-22(20)25(37)28-4/h6-8,11,13,15-16H,9-10,12,14H2,1-5H3,(H,28,37)(H,29,38)(H2,30,31,32,36)/i4D3. The van der Waals surface area contributed by atoms with E-state index in [0.717, 1.165) is 12.8 Å². The average molecular weight is 554 g/mol. The molecule has 1 fully saturated rings. The van der Waals surface area contributed by atoms with E-state index in [1.807, 2.05) is 5.32 Å². The first-order valence-corrected chi connectivity index (χ1v) is 12.7. The molecule has 1 saturated carbocycles. The Kier molecular flexibility index (Phi) is 7.32. The molecule has 2 aromatic heterocycles. The first-order chi connectivity index (χ1) is 20.2. The fourth-order valence-corrected chi connectivity index (χ4v) is 3.77. The molecule has 1 aliphatic carbocycles. The molecule has 0 saturated heterocycles. The van der Waals surface area contributed by atoms with E-state index in [2.05, 4.69) is 31.2 Å². The topological polar surface area (TPSA) is 161 Å². The van der Waals surface area contributed by atoms with Crippen molar-refractivity contribution in [2.24, 2.45) is 5.92 Å². The molecule has 4 N–H and O–H groups in total. The molecule has 1 aromatic carbocycles. The van der Waals surface area contributed by atoms with E-state index in [1.54, 1.807) is 55.9 Å². The van der Waals surface area contributed by atoms with Gasteiger partial charge in [-0.3, -0.25) is 14.3 Å². The number of methoxy groups -OCH3 is 1. The number of hydrogen-bond acceptors (Lipinski definition) is 9. The van der Waals surface area contributed by atoms with Crippen LogP contribution in [0.25, 0.3) is 11.3 Å². The van der Waals surface area contributed by atoms with Gasteiger partial charge in [0.2, 0.25) is 5.91 Å². The van der Waals surface area contributed by atoms with Crippen LogP contribution in [0.4, 0.5) is 22.0 Å². The van der Waals surface area contributed by atoms with Crippen LogP contribution in [0.3, 0.4) is 0 Å². The lowest BCUT2D eigenvalue weighted by molar-refractivity contribution is -0.117. The van der Waals surface area contributed by atoms with Gasteiger partial charge in [0.05, 0.1) is 30.7 Å². The molecule has 3 aromatic rings. The van der Waals surface area contributed by atoms with Crippen LogP contribution in [-0.2, 0) is 16.1 Å². The molecule has 0 aliphatic heterocycles. The molecule has 0 unspecified atom stereocenters. The number of carbonyl (C=O) groups excluding carboxylic acids is 3. The normalized spacial score (nSPS) is 14.2. The number of rotatable bonds is 10. The number of anilines is 3. The fourth-order valence-electron chi connectivity index (χ4n) is 3.77. The molecule has 212 valence electrons. The van der Waals surface area contributed by atoms with Gasteiger partial charge in [0.15, 0.2) is 17.3 Å². The van der Waals surface area contributed by atoms with Crippen molar-refractivity contribution in [2.75, 3.05) is 31.3 Å². The Bertz CT molecular complexity index is 1500. The lowest BCUT2D eigenvalue weighted by atomic mass is 10.1. The second-order valence-corrected chi connectivity index (χ2v) is 10.1. The molecule has 3 amide bonds. The van der Waals surface area contributed by atoms with E-state index in [4.69, 9.17) is 13.6 Å². The number of para-hydroxylation sites is 1. The van der Waals surface area contributed by atoms with Crippen molar-refractivity contribution in [1.29, 1.82) is 0 Å². The number of carbonyl (C=O) groups is 3. The monoisotopic (exact) mass is 553 g/mol. The minimum absolute atomic E-state index is 0.0945. The highest BCUT2D eigenvalue weighted by Gasteiger charge is 2.30. The van der Waals surface area contributed by atoms with Crippen LogP contribution in [0.5, 0.6) is 5.75 Å². The highest BCUT2D eigenvalue weighted by atomic mass is 16.6. The molecule has 13 heteroatoms. The smallest absolute Gasteiger partial charge is 0.407 e. The number of aromatic nitrogens is 4. The Balaban J connectivity index is 1.57. The Morgan fingerprint density at radius 2 is 1.95 bits per heavy atom. The molecule has 1 aliphatic rings. The van der Waals surface area contributed by atoms with Gasteiger partial charge in [-0.15, -0.1) is 10.2 Å². The van der Waals surface area contributed by atoms with Crippen molar-refractivity contribution in [3.63, 3.8) is 0 Å². The lowest BCUT2D eigenvalue weighted by Gasteiger charge is -2.19. The summed E-state index contributed by atoms with van der Waals surface area (Å²) in [6, 6.07) is 8.42. The maximum absolute atomic E-state index is 12.8. The van der Waals surface area contributed by atoms with Crippen LogP contribution in [-0.4, -0.2) is 64.1 Å². The van der Waals surface area contributed by atoms with Gasteiger partial charge < -0.3 is 30.7 Å². The fraction of sp³-hybridized carbons (Fsp3) is 0.407. The predicted octanol–water partition coefficient (Wildman–Crippen LogP) is 3.33. The van der Waals surface area contributed by atoms with Crippen LogP contribution in [0.2, 0.25) is 0 Å². The van der Waals surface area contributed by atoms with Crippen LogP contribution in [0, 0.1) is 5.92 Å². The molecule has 13 nitrogen and oxygen atoms in total. The van der Waals surface area contributed by atoms with E-state index in [0.29, 0.717) is 35.8 Å². The third-order valence-electron chi connectivity index (χ3n) is 5.74. The lowest BCUT2D eigenvalue weighted by Crippen LogP contribution is -2.34. The first-order valence-electron chi connectivity index (χ1n) is 14.2. The van der Waals surface area contributed by atoms with Gasteiger partial charge in [-0.2, -0.15) is 5.10 Å². The SMILES string of the molecule is [2H]C([2H])([2H])NC(=O)c1nnc(NC(=O)C2CC2)cc1Nc1cccc(-c2ccn(CCNC(=O)OC(C)(C)C)n2)c1OC. The summed E-state index contributed by atoms with van der Waals surface area (Å²) >= 11 is 0.